The molecular formula is C25H26FN5O2. The molecule has 0 aliphatic heterocycles. The van der Waals surface area contributed by atoms with E-state index in [1.807, 2.05) is 45.0 Å². The van der Waals surface area contributed by atoms with Gasteiger partial charge in [-0.05, 0) is 37.6 Å². The molecule has 0 saturated heterocycles. The summed E-state index contributed by atoms with van der Waals surface area (Å²) in [4.78, 5) is 17.4. The van der Waals surface area contributed by atoms with Crippen LogP contribution in [0.2, 0.25) is 0 Å². The Morgan fingerprint density at radius 2 is 1.85 bits per heavy atom. The third kappa shape index (κ3) is 5.34. The fourth-order valence-corrected chi connectivity index (χ4v) is 3.33. The van der Waals surface area contributed by atoms with E-state index < -0.39 is 0 Å². The van der Waals surface area contributed by atoms with Crippen LogP contribution < -0.4 is 5.32 Å². The first-order chi connectivity index (χ1) is 15.9. The molecule has 0 saturated carbocycles. The van der Waals surface area contributed by atoms with Gasteiger partial charge in [-0.15, -0.1) is 0 Å². The van der Waals surface area contributed by atoms with E-state index in [-0.39, 0.29) is 17.6 Å². The lowest BCUT2D eigenvalue weighted by Gasteiger charge is -2.05. The van der Waals surface area contributed by atoms with Gasteiger partial charge in [0, 0.05) is 30.6 Å². The van der Waals surface area contributed by atoms with Crippen LogP contribution in [0.15, 0.2) is 59.3 Å². The number of nitrogens with zero attached hydrogens (tertiary/aromatic N) is 4. The van der Waals surface area contributed by atoms with Crippen molar-refractivity contribution in [1.29, 1.82) is 0 Å². The Balaban J connectivity index is 1.49. The molecule has 2 heterocycles. The van der Waals surface area contributed by atoms with Gasteiger partial charge in [-0.25, -0.2) is 9.07 Å². The predicted molar refractivity (Wildman–Crippen MR) is 123 cm³/mol. The Kier molecular flexibility index (Phi) is 6.63. The summed E-state index contributed by atoms with van der Waals surface area (Å²) >= 11 is 0. The SMILES string of the molecule is Cc1ccc(-c2nn(-c3ccc(F)cc3)cc2C(=O)NCCCc2nc(C(C)C)no2)cc1. The topological polar surface area (TPSA) is 85.8 Å². The van der Waals surface area contributed by atoms with Crippen molar-refractivity contribution in [3.05, 3.63) is 83.4 Å². The quantitative estimate of drug-likeness (QED) is 0.390. The third-order valence-electron chi connectivity index (χ3n) is 5.23. The Hall–Kier alpha value is -3.81. The molecule has 33 heavy (non-hydrogen) atoms. The first-order valence-electron chi connectivity index (χ1n) is 10.9. The average molecular weight is 448 g/mol. The molecular weight excluding hydrogens is 421 g/mol. The molecule has 0 atom stereocenters. The summed E-state index contributed by atoms with van der Waals surface area (Å²) in [5.74, 6) is 0.902. The van der Waals surface area contributed by atoms with Crippen molar-refractivity contribution in [3.8, 4) is 16.9 Å². The summed E-state index contributed by atoms with van der Waals surface area (Å²) in [6.07, 6.45) is 2.92. The predicted octanol–water partition coefficient (Wildman–Crippen LogP) is 4.86. The van der Waals surface area contributed by atoms with E-state index >= 15 is 0 Å². The van der Waals surface area contributed by atoms with Crippen LogP contribution in [0.5, 0.6) is 0 Å². The summed E-state index contributed by atoms with van der Waals surface area (Å²) in [7, 11) is 0. The van der Waals surface area contributed by atoms with E-state index in [1.54, 1.807) is 23.0 Å². The Morgan fingerprint density at radius 1 is 1.12 bits per heavy atom. The standard InChI is InChI=1S/C25H26FN5O2/c1-16(2)24-28-22(33-30-24)5-4-14-27-25(32)21-15-31(20-12-10-19(26)11-13-20)29-23(21)18-8-6-17(3)7-9-18/h6-13,15-16H,4-5,14H2,1-3H3,(H,27,32). The van der Waals surface area contributed by atoms with Crippen molar-refractivity contribution in [2.45, 2.75) is 39.5 Å². The van der Waals surface area contributed by atoms with Gasteiger partial charge in [0.2, 0.25) is 5.89 Å². The van der Waals surface area contributed by atoms with Gasteiger partial charge >= 0.3 is 0 Å². The maximum absolute atomic E-state index is 13.3. The van der Waals surface area contributed by atoms with Crippen molar-refractivity contribution in [2.24, 2.45) is 0 Å². The van der Waals surface area contributed by atoms with Gasteiger partial charge in [0.05, 0.1) is 11.3 Å². The fourth-order valence-electron chi connectivity index (χ4n) is 3.33. The van der Waals surface area contributed by atoms with Crippen molar-refractivity contribution >= 4 is 5.91 Å². The summed E-state index contributed by atoms with van der Waals surface area (Å²) < 4.78 is 20.2. The molecule has 0 spiro atoms. The molecule has 0 fully saturated rings. The van der Waals surface area contributed by atoms with Crippen LogP contribution >= 0.6 is 0 Å². The highest BCUT2D eigenvalue weighted by molar-refractivity contribution is 5.99. The van der Waals surface area contributed by atoms with Crippen LogP contribution in [0.1, 0.15) is 53.8 Å². The van der Waals surface area contributed by atoms with Gasteiger partial charge in [0.25, 0.3) is 5.91 Å². The smallest absolute Gasteiger partial charge is 0.255 e. The molecule has 170 valence electrons. The molecule has 0 aliphatic rings. The normalized spacial score (nSPS) is 11.2. The Bertz CT molecular complexity index is 1230. The van der Waals surface area contributed by atoms with Crippen LogP contribution in [0.25, 0.3) is 16.9 Å². The minimum Gasteiger partial charge on any atom is -0.352 e. The van der Waals surface area contributed by atoms with Crippen LogP contribution in [-0.2, 0) is 6.42 Å². The van der Waals surface area contributed by atoms with Crippen molar-refractivity contribution < 1.29 is 13.7 Å². The minimum absolute atomic E-state index is 0.208. The second-order valence-electron chi connectivity index (χ2n) is 8.24. The van der Waals surface area contributed by atoms with E-state index in [2.05, 4.69) is 20.6 Å². The van der Waals surface area contributed by atoms with E-state index in [0.29, 0.717) is 48.0 Å². The largest absolute Gasteiger partial charge is 0.352 e. The zero-order valence-electron chi connectivity index (χ0n) is 18.9. The first-order valence-corrected chi connectivity index (χ1v) is 10.9. The fraction of sp³-hybridized carbons (Fsp3) is 0.280. The number of nitrogens with one attached hydrogen (secondary N) is 1. The lowest BCUT2D eigenvalue weighted by Crippen LogP contribution is -2.25. The highest BCUT2D eigenvalue weighted by atomic mass is 19.1. The molecule has 1 N–H and O–H groups in total. The molecule has 7 nitrogen and oxygen atoms in total. The molecule has 0 aliphatic carbocycles. The summed E-state index contributed by atoms with van der Waals surface area (Å²) in [5, 5.41) is 11.5. The number of aromatic nitrogens is 4. The van der Waals surface area contributed by atoms with Gasteiger partial charge in [0.15, 0.2) is 5.82 Å². The van der Waals surface area contributed by atoms with Crippen LogP contribution in [0.4, 0.5) is 4.39 Å². The van der Waals surface area contributed by atoms with Crippen LogP contribution in [0.3, 0.4) is 0 Å². The zero-order valence-corrected chi connectivity index (χ0v) is 18.9. The monoisotopic (exact) mass is 447 g/mol. The van der Waals surface area contributed by atoms with Crippen molar-refractivity contribution in [1.82, 2.24) is 25.2 Å². The second-order valence-corrected chi connectivity index (χ2v) is 8.24. The number of carbonyl (C=O) groups excluding carboxylic acids is 1. The van der Waals surface area contributed by atoms with Gasteiger partial charge in [-0.3, -0.25) is 4.79 Å². The highest BCUT2D eigenvalue weighted by Gasteiger charge is 2.19. The molecule has 4 aromatic rings. The average Bonchev–Trinajstić information content (AvgIpc) is 3.46. The number of aryl methyl sites for hydroxylation is 2. The number of hydrogen-bond acceptors (Lipinski definition) is 5. The van der Waals surface area contributed by atoms with E-state index in [9.17, 15) is 9.18 Å². The van der Waals surface area contributed by atoms with Gasteiger partial charge in [0.1, 0.15) is 11.5 Å². The number of carbonyl (C=O) groups is 1. The molecule has 0 radical (unpaired) electrons. The van der Waals surface area contributed by atoms with Crippen molar-refractivity contribution in [3.63, 3.8) is 0 Å². The van der Waals surface area contributed by atoms with Crippen molar-refractivity contribution in [2.75, 3.05) is 6.54 Å². The molecule has 2 aromatic heterocycles. The zero-order chi connectivity index (χ0) is 23.4. The molecule has 1 amide bonds. The number of hydrogen-bond donors (Lipinski definition) is 1. The van der Waals surface area contributed by atoms with E-state index in [0.717, 1.165) is 11.1 Å². The molecule has 0 unspecified atom stereocenters. The van der Waals surface area contributed by atoms with E-state index in [1.165, 1.54) is 12.1 Å². The molecule has 8 heteroatoms. The van der Waals surface area contributed by atoms with E-state index in [4.69, 9.17) is 4.52 Å². The maximum atomic E-state index is 13.3. The number of halogens is 1. The molecule has 0 bridgehead atoms. The van der Waals surface area contributed by atoms with Gasteiger partial charge < -0.3 is 9.84 Å². The van der Waals surface area contributed by atoms with Gasteiger partial charge in [-0.1, -0.05) is 48.8 Å². The number of rotatable bonds is 8. The Morgan fingerprint density at radius 3 is 2.52 bits per heavy atom. The van der Waals surface area contributed by atoms with Gasteiger partial charge in [-0.2, -0.15) is 10.1 Å². The highest BCUT2D eigenvalue weighted by Crippen LogP contribution is 2.24. The first kappa shape index (κ1) is 22.4. The summed E-state index contributed by atoms with van der Waals surface area (Å²) in [5.41, 5.74) is 3.63. The Labute approximate surface area is 191 Å². The number of benzene rings is 2. The summed E-state index contributed by atoms with van der Waals surface area (Å²) in [6, 6.07) is 13.8. The van der Waals surface area contributed by atoms with Crippen LogP contribution in [-0.4, -0.2) is 32.4 Å². The minimum atomic E-state index is -0.329. The lowest BCUT2D eigenvalue weighted by molar-refractivity contribution is 0.0953. The van der Waals surface area contributed by atoms with Crippen LogP contribution in [0, 0.1) is 12.7 Å². The maximum Gasteiger partial charge on any atom is 0.255 e. The second kappa shape index (κ2) is 9.77. The summed E-state index contributed by atoms with van der Waals surface area (Å²) in [6.45, 7) is 6.47. The molecule has 2 aromatic carbocycles. The lowest BCUT2D eigenvalue weighted by atomic mass is 10.1. The molecule has 4 rings (SSSR count). The third-order valence-corrected chi connectivity index (χ3v) is 5.23. The number of amides is 1.